The molecular weight excluding hydrogens is 364 g/mol. The minimum Gasteiger partial charge on any atom is -0.378 e. The Labute approximate surface area is 159 Å². The predicted molar refractivity (Wildman–Crippen MR) is 105 cm³/mol. The summed E-state index contributed by atoms with van der Waals surface area (Å²) in [6, 6.07) is 9.25. The van der Waals surface area contributed by atoms with Crippen molar-refractivity contribution >= 4 is 27.1 Å². The van der Waals surface area contributed by atoms with E-state index < -0.39 is 9.84 Å². The van der Waals surface area contributed by atoms with Crippen molar-refractivity contribution < 1.29 is 13.2 Å². The van der Waals surface area contributed by atoms with Gasteiger partial charge < -0.3 is 10.2 Å². The van der Waals surface area contributed by atoms with Crippen LogP contribution in [0.15, 0.2) is 30.3 Å². The standard InChI is InChI=1S/C19H24N4O3S/c1-22(2)15-7-5-14(6-8-15)20-19(24)17-11-18(13-3-4-13)23(21-17)16-9-10-27(25,26)12-16/h5-8,11,13,16H,3-4,9-10,12H2,1-2H3,(H,20,24)/t16-/m1/s1. The third-order valence-electron chi connectivity index (χ3n) is 5.19. The molecular formula is C19H24N4O3S. The summed E-state index contributed by atoms with van der Waals surface area (Å²) in [4.78, 5) is 14.7. The van der Waals surface area contributed by atoms with E-state index in [9.17, 15) is 13.2 Å². The summed E-state index contributed by atoms with van der Waals surface area (Å²) in [5.74, 6) is 0.430. The maximum atomic E-state index is 12.7. The molecule has 1 amide bonds. The summed E-state index contributed by atoms with van der Waals surface area (Å²) in [6.45, 7) is 0. The lowest BCUT2D eigenvalue weighted by Crippen LogP contribution is -2.17. The van der Waals surface area contributed by atoms with Gasteiger partial charge in [0.2, 0.25) is 0 Å². The molecule has 1 saturated carbocycles. The second-order valence-electron chi connectivity index (χ2n) is 7.63. The fraction of sp³-hybridized carbons (Fsp3) is 0.474. The molecule has 0 spiro atoms. The van der Waals surface area contributed by atoms with Crippen LogP contribution in [0, 0.1) is 0 Å². The Bertz CT molecular complexity index is 959. The Hall–Kier alpha value is -2.35. The van der Waals surface area contributed by atoms with Crippen LogP contribution in [-0.4, -0.2) is 49.7 Å². The van der Waals surface area contributed by atoms with Gasteiger partial charge in [-0.2, -0.15) is 5.10 Å². The summed E-state index contributed by atoms with van der Waals surface area (Å²) < 4.78 is 25.5. The molecule has 1 aromatic carbocycles. The number of carbonyl (C=O) groups excluding carboxylic acids is 1. The van der Waals surface area contributed by atoms with Crippen LogP contribution in [0.4, 0.5) is 11.4 Å². The average molecular weight is 388 g/mol. The van der Waals surface area contributed by atoms with Crippen LogP contribution in [-0.2, 0) is 9.84 Å². The molecule has 0 radical (unpaired) electrons. The van der Waals surface area contributed by atoms with Gasteiger partial charge in [-0.1, -0.05) is 0 Å². The SMILES string of the molecule is CN(C)c1ccc(NC(=O)c2cc(C3CC3)n([C@@H]3CCS(=O)(=O)C3)n2)cc1. The highest BCUT2D eigenvalue weighted by Crippen LogP contribution is 2.42. The molecule has 1 atom stereocenters. The first kappa shape index (κ1) is 18.0. The zero-order valence-electron chi connectivity index (χ0n) is 15.6. The highest BCUT2D eigenvalue weighted by atomic mass is 32.2. The number of hydrogen-bond acceptors (Lipinski definition) is 5. The fourth-order valence-electron chi connectivity index (χ4n) is 3.50. The average Bonchev–Trinajstić information content (AvgIpc) is 3.26. The zero-order valence-corrected chi connectivity index (χ0v) is 16.4. The molecule has 2 fully saturated rings. The van der Waals surface area contributed by atoms with Crippen LogP contribution in [0.2, 0.25) is 0 Å². The fourth-order valence-corrected chi connectivity index (χ4v) is 5.19. The van der Waals surface area contributed by atoms with Crippen molar-refractivity contribution in [1.29, 1.82) is 0 Å². The lowest BCUT2D eigenvalue weighted by Gasteiger charge is -2.13. The number of carbonyl (C=O) groups is 1. The van der Waals surface area contributed by atoms with Gasteiger partial charge in [-0.05, 0) is 49.6 Å². The predicted octanol–water partition coefficient (Wildman–Crippen LogP) is 2.44. The van der Waals surface area contributed by atoms with Gasteiger partial charge in [0.25, 0.3) is 5.91 Å². The van der Waals surface area contributed by atoms with E-state index in [2.05, 4.69) is 10.4 Å². The van der Waals surface area contributed by atoms with E-state index in [1.807, 2.05) is 49.3 Å². The Balaban J connectivity index is 1.54. The lowest BCUT2D eigenvalue weighted by molar-refractivity contribution is 0.102. The van der Waals surface area contributed by atoms with E-state index in [0.717, 1.165) is 24.2 Å². The molecule has 1 aliphatic heterocycles. The summed E-state index contributed by atoms with van der Waals surface area (Å²) in [6.07, 6.45) is 2.70. The number of benzene rings is 1. The van der Waals surface area contributed by atoms with E-state index in [-0.39, 0.29) is 23.5 Å². The molecule has 1 aromatic heterocycles. The summed E-state index contributed by atoms with van der Waals surface area (Å²) in [5.41, 5.74) is 3.09. The molecule has 7 nitrogen and oxygen atoms in total. The molecule has 1 aliphatic carbocycles. The van der Waals surface area contributed by atoms with Crippen LogP contribution in [0.3, 0.4) is 0 Å². The van der Waals surface area contributed by atoms with Gasteiger partial charge in [0.15, 0.2) is 15.5 Å². The smallest absolute Gasteiger partial charge is 0.276 e. The highest BCUT2D eigenvalue weighted by Gasteiger charge is 2.36. The number of amides is 1. The molecule has 1 N–H and O–H groups in total. The molecule has 2 aromatic rings. The Morgan fingerprint density at radius 3 is 2.44 bits per heavy atom. The van der Waals surface area contributed by atoms with E-state index in [1.165, 1.54) is 0 Å². The van der Waals surface area contributed by atoms with Gasteiger partial charge in [0.1, 0.15) is 0 Å². The number of nitrogens with one attached hydrogen (secondary N) is 1. The van der Waals surface area contributed by atoms with Crippen molar-refractivity contribution in [2.24, 2.45) is 0 Å². The zero-order chi connectivity index (χ0) is 19.2. The number of aromatic nitrogens is 2. The highest BCUT2D eigenvalue weighted by molar-refractivity contribution is 7.91. The van der Waals surface area contributed by atoms with E-state index in [1.54, 1.807) is 4.68 Å². The van der Waals surface area contributed by atoms with E-state index >= 15 is 0 Å². The lowest BCUT2D eigenvalue weighted by atomic mass is 10.2. The minimum absolute atomic E-state index is 0.113. The maximum Gasteiger partial charge on any atom is 0.276 e. The molecule has 144 valence electrons. The van der Waals surface area contributed by atoms with Crippen LogP contribution in [0.5, 0.6) is 0 Å². The Kier molecular flexibility index (Phi) is 4.46. The van der Waals surface area contributed by atoms with Crippen molar-refractivity contribution in [3.05, 3.63) is 41.7 Å². The van der Waals surface area contributed by atoms with Gasteiger partial charge in [-0.15, -0.1) is 0 Å². The number of rotatable bonds is 5. The number of nitrogens with zero attached hydrogens (tertiary/aromatic N) is 3. The molecule has 8 heteroatoms. The third-order valence-corrected chi connectivity index (χ3v) is 6.94. The van der Waals surface area contributed by atoms with Crippen LogP contribution >= 0.6 is 0 Å². The van der Waals surface area contributed by atoms with Crippen molar-refractivity contribution in [3.63, 3.8) is 0 Å². The van der Waals surface area contributed by atoms with E-state index in [4.69, 9.17) is 0 Å². The summed E-state index contributed by atoms with van der Waals surface area (Å²) in [5, 5.41) is 7.37. The van der Waals surface area contributed by atoms with Crippen molar-refractivity contribution in [2.75, 3.05) is 35.8 Å². The molecule has 27 heavy (non-hydrogen) atoms. The second kappa shape index (κ2) is 6.67. The first-order valence-electron chi connectivity index (χ1n) is 9.21. The number of sulfone groups is 1. The van der Waals surface area contributed by atoms with Gasteiger partial charge in [0, 0.05) is 37.1 Å². The largest absolute Gasteiger partial charge is 0.378 e. The van der Waals surface area contributed by atoms with Gasteiger partial charge >= 0.3 is 0 Å². The summed E-state index contributed by atoms with van der Waals surface area (Å²) in [7, 11) is 0.921. The molecule has 0 bridgehead atoms. The quantitative estimate of drug-likeness (QED) is 0.850. The molecule has 4 rings (SSSR count). The van der Waals surface area contributed by atoms with Gasteiger partial charge in [-0.25, -0.2) is 8.42 Å². The number of anilines is 2. The van der Waals surface area contributed by atoms with Crippen LogP contribution in [0.25, 0.3) is 0 Å². The van der Waals surface area contributed by atoms with Gasteiger partial charge in [-0.3, -0.25) is 9.48 Å². The summed E-state index contributed by atoms with van der Waals surface area (Å²) >= 11 is 0. The van der Waals surface area contributed by atoms with Crippen molar-refractivity contribution in [3.8, 4) is 0 Å². The van der Waals surface area contributed by atoms with Crippen LogP contribution < -0.4 is 10.2 Å². The maximum absolute atomic E-state index is 12.7. The minimum atomic E-state index is -3.00. The number of hydrogen-bond donors (Lipinski definition) is 1. The third kappa shape index (κ3) is 3.85. The first-order valence-corrected chi connectivity index (χ1v) is 11.0. The Morgan fingerprint density at radius 1 is 1.19 bits per heavy atom. The molecule has 2 heterocycles. The second-order valence-corrected chi connectivity index (χ2v) is 9.85. The Morgan fingerprint density at radius 2 is 1.89 bits per heavy atom. The van der Waals surface area contributed by atoms with Crippen molar-refractivity contribution in [2.45, 2.75) is 31.2 Å². The molecule has 2 aliphatic rings. The molecule has 0 unspecified atom stereocenters. The topological polar surface area (TPSA) is 84.3 Å². The first-order chi connectivity index (χ1) is 12.8. The molecule has 1 saturated heterocycles. The van der Waals surface area contributed by atoms with E-state index in [0.29, 0.717) is 23.7 Å². The monoisotopic (exact) mass is 388 g/mol. The van der Waals surface area contributed by atoms with Crippen molar-refractivity contribution in [1.82, 2.24) is 9.78 Å². The normalized spacial score (nSPS) is 21.2. The van der Waals surface area contributed by atoms with Gasteiger partial charge in [0.05, 0.1) is 17.5 Å². The van der Waals surface area contributed by atoms with Crippen LogP contribution in [0.1, 0.15) is 47.4 Å².